The van der Waals surface area contributed by atoms with E-state index in [-0.39, 0.29) is 5.75 Å². The zero-order valence-corrected chi connectivity index (χ0v) is 10.9. The molecule has 1 aliphatic heterocycles. The number of piperidine rings is 1. The molecule has 88 valence electrons. The molecule has 4 heteroatoms. The van der Waals surface area contributed by atoms with Gasteiger partial charge in [0.2, 0.25) is 0 Å². The van der Waals surface area contributed by atoms with Crippen LogP contribution in [-0.4, -0.2) is 18.8 Å². The zero-order valence-electron chi connectivity index (χ0n) is 9.29. The van der Waals surface area contributed by atoms with Gasteiger partial charge < -0.3 is 15.2 Å². The van der Waals surface area contributed by atoms with Gasteiger partial charge in [0.1, 0.15) is 0 Å². The summed E-state index contributed by atoms with van der Waals surface area (Å²) in [5.74, 6) is 0.708. The number of phenols is 1. The van der Waals surface area contributed by atoms with E-state index in [9.17, 15) is 5.11 Å². The predicted octanol–water partition coefficient (Wildman–Crippen LogP) is 2.98. The number of nitrogens with one attached hydrogen (secondary N) is 1. The summed E-state index contributed by atoms with van der Waals surface area (Å²) in [5.41, 5.74) is 1.16. The van der Waals surface area contributed by atoms with Crippen LogP contribution in [0.1, 0.15) is 30.9 Å². The first kappa shape index (κ1) is 11.7. The third-order valence-electron chi connectivity index (χ3n) is 2.98. The van der Waals surface area contributed by atoms with Crippen LogP contribution in [0.25, 0.3) is 0 Å². The summed E-state index contributed by atoms with van der Waals surface area (Å²) in [5, 5.41) is 13.1. The number of hydrogen-bond donors (Lipinski definition) is 2. The molecule has 1 aromatic carbocycles. The summed E-state index contributed by atoms with van der Waals surface area (Å²) >= 11 is 3.49. The SMILES string of the molecule is COc1cc(C2CCCCN2)c(Br)cc1O. The third-order valence-corrected chi connectivity index (χ3v) is 3.67. The van der Waals surface area contributed by atoms with Crippen molar-refractivity contribution in [3.05, 3.63) is 22.2 Å². The van der Waals surface area contributed by atoms with Crippen LogP contribution in [0.3, 0.4) is 0 Å². The molecule has 0 saturated carbocycles. The van der Waals surface area contributed by atoms with Gasteiger partial charge in [-0.25, -0.2) is 0 Å². The molecule has 0 aliphatic carbocycles. The van der Waals surface area contributed by atoms with E-state index in [2.05, 4.69) is 21.2 Å². The number of halogens is 1. The smallest absolute Gasteiger partial charge is 0.160 e. The van der Waals surface area contributed by atoms with Crippen molar-refractivity contribution in [3.8, 4) is 11.5 Å². The number of aromatic hydroxyl groups is 1. The lowest BCUT2D eigenvalue weighted by atomic mass is 9.97. The van der Waals surface area contributed by atoms with E-state index in [1.54, 1.807) is 13.2 Å². The molecule has 0 aromatic heterocycles. The quantitative estimate of drug-likeness (QED) is 0.878. The highest BCUT2D eigenvalue weighted by atomic mass is 79.9. The van der Waals surface area contributed by atoms with Crippen LogP contribution in [0.5, 0.6) is 11.5 Å². The van der Waals surface area contributed by atoms with Crippen molar-refractivity contribution >= 4 is 15.9 Å². The molecule has 0 radical (unpaired) electrons. The highest BCUT2D eigenvalue weighted by Crippen LogP contribution is 2.37. The van der Waals surface area contributed by atoms with E-state index in [4.69, 9.17) is 4.74 Å². The molecule has 1 saturated heterocycles. The second-order valence-electron chi connectivity index (χ2n) is 4.05. The van der Waals surface area contributed by atoms with Crippen LogP contribution in [0.15, 0.2) is 16.6 Å². The number of benzene rings is 1. The van der Waals surface area contributed by atoms with Crippen LogP contribution in [0.2, 0.25) is 0 Å². The maximum atomic E-state index is 9.64. The molecule has 1 heterocycles. The first-order valence-corrected chi connectivity index (χ1v) is 6.31. The first-order chi connectivity index (χ1) is 7.72. The van der Waals surface area contributed by atoms with E-state index in [1.807, 2.05) is 6.07 Å². The Morgan fingerprint density at radius 3 is 2.88 bits per heavy atom. The Morgan fingerprint density at radius 1 is 1.44 bits per heavy atom. The summed E-state index contributed by atoms with van der Waals surface area (Å²) in [6.45, 7) is 1.06. The minimum atomic E-state index is 0.175. The second-order valence-corrected chi connectivity index (χ2v) is 4.90. The second kappa shape index (κ2) is 5.06. The molecule has 1 aliphatic rings. The van der Waals surface area contributed by atoms with Crippen molar-refractivity contribution in [1.82, 2.24) is 5.32 Å². The summed E-state index contributed by atoms with van der Waals surface area (Å²) < 4.78 is 6.07. The predicted molar refractivity (Wildman–Crippen MR) is 67.0 cm³/mol. The van der Waals surface area contributed by atoms with Gasteiger partial charge in [0.25, 0.3) is 0 Å². The fourth-order valence-electron chi connectivity index (χ4n) is 2.11. The normalized spacial score (nSPS) is 20.8. The number of methoxy groups -OCH3 is 1. The maximum absolute atomic E-state index is 9.64. The Bertz CT molecular complexity index is 376. The van der Waals surface area contributed by atoms with Gasteiger partial charge in [-0.2, -0.15) is 0 Å². The Morgan fingerprint density at radius 2 is 2.25 bits per heavy atom. The maximum Gasteiger partial charge on any atom is 0.160 e. The van der Waals surface area contributed by atoms with Crippen molar-refractivity contribution in [2.24, 2.45) is 0 Å². The highest BCUT2D eigenvalue weighted by molar-refractivity contribution is 9.10. The van der Waals surface area contributed by atoms with Gasteiger partial charge in [0.15, 0.2) is 11.5 Å². The summed E-state index contributed by atoms with van der Waals surface area (Å²) in [6, 6.07) is 3.96. The van der Waals surface area contributed by atoms with Crippen molar-refractivity contribution in [2.45, 2.75) is 25.3 Å². The van der Waals surface area contributed by atoms with Gasteiger partial charge in [0.05, 0.1) is 7.11 Å². The Kier molecular flexibility index (Phi) is 3.71. The van der Waals surface area contributed by atoms with Crippen LogP contribution in [0, 0.1) is 0 Å². The fraction of sp³-hybridized carbons (Fsp3) is 0.500. The average molecular weight is 286 g/mol. The summed E-state index contributed by atoms with van der Waals surface area (Å²) in [7, 11) is 1.57. The molecule has 1 aromatic rings. The fourth-order valence-corrected chi connectivity index (χ4v) is 2.71. The lowest BCUT2D eigenvalue weighted by Gasteiger charge is -2.25. The Balaban J connectivity index is 2.31. The minimum absolute atomic E-state index is 0.175. The largest absolute Gasteiger partial charge is 0.504 e. The van der Waals surface area contributed by atoms with Crippen LogP contribution in [-0.2, 0) is 0 Å². The van der Waals surface area contributed by atoms with Crippen molar-refractivity contribution < 1.29 is 9.84 Å². The van der Waals surface area contributed by atoms with E-state index in [0.717, 1.165) is 23.0 Å². The highest BCUT2D eigenvalue weighted by Gasteiger charge is 2.19. The van der Waals surface area contributed by atoms with E-state index in [1.165, 1.54) is 12.8 Å². The van der Waals surface area contributed by atoms with Crippen LogP contribution < -0.4 is 10.1 Å². The molecular formula is C12H16BrNO2. The lowest BCUT2D eigenvalue weighted by Crippen LogP contribution is -2.27. The topological polar surface area (TPSA) is 41.5 Å². The van der Waals surface area contributed by atoms with Gasteiger partial charge in [-0.1, -0.05) is 22.4 Å². The minimum Gasteiger partial charge on any atom is -0.504 e. The lowest BCUT2D eigenvalue weighted by molar-refractivity contribution is 0.368. The Labute approximate surface area is 104 Å². The van der Waals surface area contributed by atoms with Crippen molar-refractivity contribution in [3.63, 3.8) is 0 Å². The molecule has 0 spiro atoms. The number of hydrogen-bond acceptors (Lipinski definition) is 3. The monoisotopic (exact) mass is 285 g/mol. The van der Waals surface area contributed by atoms with E-state index >= 15 is 0 Å². The molecule has 1 atom stereocenters. The zero-order chi connectivity index (χ0) is 11.5. The average Bonchev–Trinajstić information content (AvgIpc) is 2.30. The summed E-state index contributed by atoms with van der Waals surface area (Å²) in [6.07, 6.45) is 3.61. The van der Waals surface area contributed by atoms with E-state index in [0.29, 0.717) is 11.8 Å². The third kappa shape index (κ3) is 2.33. The standard InChI is InChI=1S/C12H16BrNO2/c1-16-12-6-8(9(13)7-11(12)15)10-4-2-3-5-14-10/h6-7,10,14-15H,2-5H2,1H3. The molecular weight excluding hydrogens is 270 g/mol. The molecule has 0 bridgehead atoms. The molecule has 2 N–H and O–H groups in total. The molecule has 2 rings (SSSR count). The first-order valence-electron chi connectivity index (χ1n) is 5.52. The summed E-state index contributed by atoms with van der Waals surface area (Å²) in [4.78, 5) is 0. The van der Waals surface area contributed by atoms with Gasteiger partial charge in [-0.3, -0.25) is 0 Å². The Hall–Kier alpha value is -0.740. The van der Waals surface area contributed by atoms with Gasteiger partial charge in [-0.05, 0) is 37.1 Å². The molecule has 0 amide bonds. The van der Waals surface area contributed by atoms with Gasteiger partial charge >= 0.3 is 0 Å². The van der Waals surface area contributed by atoms with E-state index < -0.39 is 0 Å². The number of rotatable bonds is 2. The number of ether oxygens (including phenoxy) is 1. The van der Waals surface area contributed by atoms with Gasteiger partial charge in [-0.15, -0.1) is 0 Å². The molecule has 1 fully saturated rings. The van der Waals surface area contributed by atoms with Crippen LogP contribution >= 0.6 is 15.9 Å². The molecule has 1 unspecified atom stereocenters. The van der Waals surface area contributed by atoms with Crippen LogP contribution in [0.4, 0.5) is 0 Å². The molecule has 3 nitrogen and oxygen atoms in total. The van der Waals surface area contributed by atoms with Crippen molar-refractivity contribution in [1.29, 1.82) is 0 Å². The van der Waals surface area contributed by atoms with Gasteiger partial charge in [0, 0.05) is 10.5 Å². The number of phenolic OH excluding ortho intramolecular Hbond substituents is 1. The van der Waals surface area contributed by atoms with Crippen molar-refractivity contribution in [2.75, 3.05) is 13.7 Å². The molecule has 16 heavy (non-hydrogen) atoms.